The number of benzene rings is 8. The van der Waals surface area contributed by atoms with E-state index in [1.54, 1.807) is 0 Å². The zero-order valence-corrected chi connectivity index (χ0v) is 30.8. The van der Waals surface area contributed by atoms with E-state index in [2.05, 4.69) is 205 Å². The van der Waals surface area contributed by atoms with Crippen molar-refractivity contribution in [3.05, 3.63) is 211 Å². The molecular formula is C52H35NOS. The fraction of sp³-hybridized carbons (Fsp3) is 0.0385. The molecule has 260 valence electrons. The molecule has 0 spiro atoms. The lowest BCUT2D eigenvalue weighted by atomic mass is 9.84. The average Bonchev–Trinajstić information content (AvgIpc) is 3.83. The SMILES string of the molecule is C1=CC2c3c(cc(-c4ccc(-c5ccccc5)cc4)c4ccccc34)OC2C(N(c2ccc(-c3ccccc3)cc2)c2ccc3c(c2)sc2ccccc23)=C1. The van der Waals surface area contributed by atoms with Gasteiger partial charge < -0.3 is 9.64 Å². The number of allylic oxidation sites excluding steroid dienone is 2. The van der Waals surface area contributed by atoms with Crippen LogP contribution >= 0.6 is 11.3 Å². The van der Waals surface area contributed by atoms with Crippen LogP contribution in [0.3, 0.4) is 0 Å². The number of rotatable bonds is 6. The molecule has 0 radical (unpaired) electrons. The molecule has 3 heteroatoms. The zero-order valence-electron chi connectivity index (χ0n) is 30.0. The summed E-state index contributed by atoms with van der Waals surface area (Å²) in [5.74, 6) is 1.01. The first kappa shape index (κ1) is 31.8. The second-order valence-corrected chi connectivity index (χ2v) is 15.5. The van der Waals surface area contributed by atoms with Gasteiger partial charge in [0, 0.05) is 43.0 Å². The van der Waals surface area contributed by atoms with Crippen LogP contribution in [0.2, 0.25) is 0 Å². The van der Waals surface area contributed by atoms with Gasteiger partial charge in [0.15, 0.2) is 0 Å². The topological polar surface area (TPSA) is 12.5 Å². The Hall–Kier alpha value is -6.68. The molecule has 2 atom stereocenters. The highest BCUT2D eigenvalue weighted by atomic mass is 32.1. The molecule has 0 saturated carbocycles. The summed E-state index contributed by atoms with van der Waals surface area (Å²) in [5.41, 5.74) is 11.8. The molecule has 2 heterocycles. The fourth-order valence-corrected chi connectivity index (χ4v) is 9.77. The molecular weight excluding hydrogens is 687 g/mol. The van der Waals surface area contributed by atoms with E-state index in [9.17, 15) is 0 Å². The van der Waals surface area contributed by atoms with Gasteiger partial charge in [0.1, 0.15) is 11.9 Å². The summed E-state index contributed by atoms with van der Waals surface area (Å²) < 4.78 is 9.76. The Balaban J connectivity index is 1.02. The van der Waals surface area contributed by atoms with Crippen molar-refractivity contribution < 1.29 is 4.74 Å². The van der Waals surface area contributed by atoms with Gasteiger partial charge in [-0.1, -0.05) is 158 Å². The molecule has 8 aromatic carbocycles. The minimum atomic E-state index is -0.203. The molecule has 2 unspecified atom stereocenters. The van der Waals surface area contributed by atoms with Crippen LogP contribution in [-0.2, 0) is 0 Å². The summed E-state index contributed by atoms with van der Waals surface area (Å²) in [6, 6.07) is 65.8. The number of hydrogen-bond acceptors (Lipinski definition) is 3. The standard InChI is InChI=1S/C52H35NOS/c1-3-12-34(13-4-1)36-22-24-38(25-23-36)46-33-48-51(44-18-8-7-16-41(44)46)45-19-11-20-47(52(45)54-48)53(39-28-26-37(27-29-39)35-14-5-2-6-15-35)40-30-31-43-42-17-9-10-21-49(42)55-50(43)32-40/h1-33,45,52H. The van der Waals surface area contributed by atoms with Crippen molar-refractivity contribution >= 4 is 53.7 Å². The highest BCUT2D eigenvalue weighted by Gasteiger charge is 2.41. The van der Waals surface area contributed by atoms with E-state index in [1.165, 1.54) is 69.9 Å². The Morgan fingerprint density at radius 2 is 1.02 bits per heavy atom. The van der Waals surface area contributed by atoms with Crippen LogP contribution in [0.15, 0.2) is 206 Å². The number of anilines is 2. The van der Waals surface area contributed by atoms with Crippen molar-refractivity contribution in [2.75, 3.05) is 4.90 Å². The number of fused-ring (bicyclic) bond motifs is 8. The zero-order chi connectivity index (χ0) is 36.3. The van der Waals surface area contributed by atoms with Crippen molar-refractivity contribution in [1.29, 1.82) is 0 Å². The fourth-order valence-electron chi connectivity index (χ4n) is 8.63. The monoisotopic (exact) mass is 721 g/mol. The van der Waals surface area contributed by atoms with Gasteiger partial charge in [0.2, 0.25) is 0 Å². The van der Waals surface area contributed by atoms with Crippen LogP contribution in [0.5, 0.6) is 5.75 Å². The van der Waals surface area contributed by atoms with E-state index >= 15 is 0 Å². The molecule has 55 heavy (non-hydrogen) atoms. The van der Waals surface area contributed by atoms with Crippen LogP contribution in [0, 0.1) is 0 Å². The van der Waals surface area contributed by atoms with Crippen molar-refractivity contribution in [3.63, 3.8) is 0 Å². The van der Waals surface area contributed by atoms with Gasteiger partial charge in [-0.25, -0.2) is 0 Å². The first-order valence-electron chi connectivity index (χ1n) is 18.9. The maximum Gasteiger partial charge on any atom is 0.149 e. The highest BCUT2D eigenvalue weighted by Crippen LogP contribution is 2.52. The second-order valence-electron chi connectivity index (χ2n) is 14.4. The number of ether oxygens (including phenoxy) is 1. The Labute approximate surface area is 324 Å². The van der Waals surface area contributed by atoms with Gasteiger partial charge in [0.25, 0.3) is 0 Å². The van der Waals surface area contributed by atoms with E-state index in [4.69, 9.17) is 4.74 Å². The highest BCUT2D eigenvalue weighted by molar-refractivity contribution is 7.25. The lowest BCUT2D eigenvalue weighted by Gasteiger charge is -2.34. The van der Waals surface area contributed by atoms with Crippen molar-refractivity contribution in [3.8, 4) is 39.1 Å². The predicted octanol–water partition coefficient (Wildman–Crippen LogP) is 14.3. The summed E-state index contributed by atoms with van der Waals surface area (Å²) in [4.78, 5) is 2.41. The van der Waals surface area contributed by atoms with Crippen LogP contribution in [0.1, 0.15) is 11.5 Å². The summed E-state index contributed by atoms with van der Waals surface area (Å²) in [5, 5.41) is 5.08. The van der Waals surface area contributed by atoms with E-state index in [1.807, 2.05) is 11.3 Å². The van der Waals surface area contributed by atoms with E-state index in [-0.39, 0.29) is 12.0 Å². The van der Waals surface area contributed by atoms with E-state index in [0.717, 1.165) is 22.8 Å². The van der Waals surface area contributed by atoms with Crippen LogP contribution in [0.4, 0.5) is 11.4 Å². The van der Waals surface area contributed by atoms with Crippen LogP contribution in [-0.4, -0.2) is 6.10 Å². The third-order valence-electron chi connectivity index (χ3n) is 11.3. The van der Waals surface area contributed by atoms with Crippen LogP contribution < -0.4 is 9.64 Å². The van der Waals surface area contributed by atoms with Crippen molar-refractivity contribution in [2.45, 2.75) is 12.0 Å². The predicted molar refractivity (Wildman–Crippen MR) is 233 cm³/mol. The van der Waals surface area contributed by atoms with Gasteiger partial charge in [-0.05, 0) is 86.6 Å². The number of hydrogen-bond donors (Lipinski definition) is 0. The molecule has 11 rings (SSSR count). The smallest absolute Gasteiger partial charge is 0.149 e. The minimum absolute atomic E-state index is 0.0635. The van der Waals surface area contributed by atoms with Crippen molar-refractivity contribution in [2.24, 2.45) is 0 Å². The Kier molecular flexibility index (Phi) is 7.53. The second kappa shape index (κ2) is 13.0. The number of thiophene rings is 1. The van der Waals surface area contributed by atoms with Gasteiger partial charge in [-0.3, -0.25) is 0 Å². The molecule has 0 N–H and O–H groups in total. The molecule has 1 aromatic heterocycles. The molecule has 0 saturated heterocycles. The van der Waals surface area contributed by atoms with Gasteiger partial charge in [-0.15, -0.1) is 11.3 Å². The molecule has 2 aliphatic rings. The summed E-state index contributed by atoms with van der Waals surface area (Å²) in [6.07, 6.45) is 6.60. The maximum absolute atomic E-state index is 7.18. The average molecular weight is 722 g/mol. The Bertz CT molecular complexity index is 2940. The molecule has 0 fully saturated rings. The first-order chi connectivity index (χ1) is 27.3. The number of nitrogens with zero attached hydrogens (tertiary/aromatic N) is 1. The third-order valence-corrected chi connectivity index (χ3v) is 12.4. The summed E-state index contributed by atoms with van der Waals surface area (Å²) in [6.45, 7) is 0. The first-order valence-corrected chi connectivity index (χ1v) is 19.7. The maximum atomic E-state index is 7.18. The van der Waals surface area contributed by atoms with E-state index < -0.39 is 0 Å². The molecule has 9 aromatic rings. The normalized spacial score (nSPS) is 15.8. The summed E-state index contributed by atoms with van der Waals surface area (Å²) >= 11 is 1.85. The Morgan fingerprint density at radius 3 is 1.75 bits per heavy atom. The molecule has 0 amide bonds. The van der Waals surface area contributed by atoms with Gasteiger partial charge in [0.05, 0.1) is 5.70 Å². The van der Waals surface area contributed by atoms with Crippen LogP contribution in [0.25, 0.3) is 64.3 Å². The summed E-state index contributed by atoms with van der Waals surface area (Å²) in [7, 11) is 0. The van der Waals surface area contributed by atoms with Crippen molar-refractivity contribution in [1.82, 2.24) is 0 Å². The largest absolute Gasteiger partial charge is 0.483 e. The van der Waals surface area contributed by atoms with Gasteiger partial charge in [-0.2, -0.15) is 0 Å². The molecule has 1 aliphatic carbocycles. The lowest BCUT2D eigenvalue weighted by Crippen LogP contribution is -2.32. The minimum Gasteiger partial charge on any atom is -0.483 e. The quantitative estimate of drug-likeness (QED) is 0.169. The third kappa shape index (κ3) is 5.39. The molecule has 1 aliphatic heterocycles. The van der Waals surface area contributed by atoms with Gasteiger partial charge >= 0.3 is 0 Å². The Morgan fingerprint density at radius 1 is 0.455 bits per heavy atom. The molecule has 0 bridgehead atoms. The molecule has 2 nitrogen and oxygen atoms in total. The lowest BCUT2D eigenvalue weighted by molar-refractivity contribution is 0.253. The van der Waals surface area contributed by atoms with E-state index in [0.29, 0.717) is 0 Å².